The molecule has 1 saturated heterocycles. The first-order chi connectivity index (χ1) is 8.22. The minimum absolute atomic E-state index is 0.211. The van der Waals surface area contributed by atoms with Crippen LogP contribution in [-0.2, 0) is 17.9 Å². The maximum Gasteiger partial charge on any atom is 0.223 e. The van der Waals surface area contributed by atoms with E-state index in [0.717, 1.165) is 17.7 Å². The molecule has 92 valence electrons. The molecule has 0 aliphatic carbocycles. The summed E-state index contributed by atoms with van der Waals surface area (Å²) in [5, 5.41) is 0. The SMILES string of the molecule is NCc1ccc(CN2CC(CN)CC2=O)cc1. The smallest absolute Gasteiger partial charge is 0.223 e. The average Bonchev–Trinajstić information content (AvgIpc) is 2.71. The Balaban J connectivity index is 1.98. The molecule has 2 rings (SSSR count). The van der Waals surface area contributed by atoms with E-state index < -0.39 is 0 Å². The van der Waals surface area contributed by atoms with Crippen LogP contribution in [-0.4, -0.2) is 23.9 Å². The van der Waals surface area contributed by atoms with Crippen LogP contribution in [0.25, 0.3) is 0 Å². The van der Waals surface area contributed by atoms with Crippen molar-refractivity contribution in [3.8, 4) is 0 Å². The van der Waals surface area contributed by atoms with Gasteiger partial charge in [-0.3, -0.25) is 4.79 Å². The van der Waals surface area contributed by atoms with E-state index in [2.05, 4.69) is 0 Å². The summed E-state index contributed by atoms with van der Waals surface area (Å²) >= 11 is 0. The largest absolute Gasteiger partial charge is 0.338 e. The molecule has 0 bridgehead atoms. The van der Waals surface area contributed by atoms with Crippen molar-refractivity contribution < 1.29 is 4.79 Å². The molecule has 0 spiro atoms. The minimum atomic E-state index is 0.211. The summed E-state index contributed by atoms with van der Waals surface area (Å²) in [5.74, 6) is 0.536. The van der Waals surface area contributed by atoms with Crippen LogP contribution < -0.4 is 11.5 Å². The van der Waals surface area contributed by atoms with Crippen molar-refractivity contribution in [1.29, 1.82) is 0 Å². The fourth-order valence-electron chi connectivity index (χ4n) is 2.17. The second-order valence-corrected chi connectivity index (χ2v) is 4.60. The number of nitrogens with zero attached hydrogens (tertiary/aromatic N) is 1. The molecule has 4 N–H and O–H groups in total. The molecule has 0 saturated carbocycles. The Kier molecular flexibility index (Phi) is 3.76. The van der Waals surface area contributed by atoms with Crippen molar-refractivity contribution >= 4 is 5.91 Å². The van der Waals surface area contributed by atoms with Gasteiger partial charge < -0.3 is 16.4 Å². The highest BCUT2D eigenvalue weighted by atomic mass is 16.2. The van der Waals surface area contributed by atoms with Crippen molar-refractivity contribution in [1.82, 2.24) is 4.90 Å². The molecule has 1 amide bonds. The molecular formula is C13H19N3O. The second-order valence-electron chi connectivity index (χ2n) is 4.60. The zero-order valence-electron chi connectivity index (χ0n) is 9.93. The maximum absolute atomic E-state index is 11.7. The molecular weight excluding hydrogens is 214 g/mol. The van der Waals surface area contributed by atoms with Gasteiger partial charge in [0.2, 0.25) is 5.91 Å². The fourth-order valence-corrected chi connectivity index (χ4v) is 2.17. The Morgan fingerprint density at radius 3 is 2.35 bits per heavy atom. The van der Waals surface area contributed by atoms with Crippen LogP contribution in [0, 0.1) is 5.92 Å². The Morgan fingerprint density at radius 1 is 1.18 bits per heavy atom. The predicted octanol–water partition coefficient (Wildman–Crippen LogP) is 0.453. The third-order valence-corrected chi connectivity index (χ3v) is 3.26. The molecule has 1 aliphatic rings. The number of amides is 1. The zero-order valence-corrected chi connectivity index (χ0v) is 9.93. The molecule has 1 fully saturated rings. The van der Waals surface area contributed by atoms with E-state index in [0.29, 0.717) is 32.0 Å². The molecule has 4 heteroatoms. The first-order valence-corrected chi connectivity index (χ1v) is 5.98. The molecule has 1 aromatic carbocycles. The summed E-state index contributed by atoms with van der Waals surface area (Å²) in [6.45, 7) is 2.61. The molecule has 1 unspecified atom stereocenters. The van der Waals surface area contributed by atoms with Gasteiger partial charge >= 0.3 is 0 Å². The van der Waals surface area contributed by atoms with E-state index in [-0.39, 0.29) is 5.91 Å². The topological polar surface area (TPSA) is 72.3 Å². The number of rotatable bonds is 4. The molecule has 1 atom stereocenters. The normalized spacial score (nSPS) is 20.0. The molecule has 17 heavy (non-hydrogen) atoms. The van der Waals surface area contributed by atoms with Gasteiger partial charge in [-0.2, -0.15) is 0 Å². The van der Waals surface area contributed by atoms with Crippen LogP contribution in [0.4, 0.5) is 0 Å². The molecule has 0 radical (unpaired) electrons. The van der Waals surface area contributed by atoms with E-state index in [1.54, 1.807) is 0 Å². The Hall–Kier alpha value is -1.39. The van der Waals surface area contributed by atoms with Crippen LogP contribution in [0.2, 0.25) is 0 Å². The molecule has 1 heterocycles. The summed E-state index contributed by atoms with van der Waals surface area (Å²) in [6.07, 6.45) is 0.595. The van der Waals surface area contributed by atoms with E-state index in [4.69, 9.17) is 11.5 Å². The van der Waals surface area contributed by atoms with Gasteiger partial charge in [0, 0.05) is 26.1 Å². The van der Waals surface area contributed by atoms with Gasteiger partial charge in [0.1, 0.15) is 0 Å². The fraction of sp³-hybridized carbons (Fsp3) is 0.462. The van der Waals surface area contributed by atoms with Gasteiger partial charge in [-0.1, -0.05) is 24.3 Å². The van der Waals surface area contributed by atoms with Crippen molar-refractivity contribution in [2.24, 2.45) is 17.4 Å². The zero-order chi connectivity index (χ0) is 12.3. The molecule has 4 nitrogen and oxygen atoms in total. The van der Waals surface area contributed by atoms with E-state index in [1.165, 1.54) is 0 Å². The molecule has 1 aromatic rings. The third kappa shape index (κ3) is 2.84. The highest BCUT2D eigenvalue weighted by molar-refractivity contribution is 5.78. The lowest BCUT2D eigenvalue weighted by Gasteiger charge is -2.16. The van der Waals surface area contributed by atoms with Gasteiger partial charge in [-0.05, 0) is 23.6 Å². The summed E-state index contributed by atoms with van der Waals surface area (Å²) < 4.78 is 0. The van der Waals surface area contributed by atoms with Crippen LogP contribution in [0.5, 0.6) is 0 Å². The number of benzene rings is 1. The number of carbonyl (C=O) groups excluding carboxylic acids is 1. The molecule has 0 aromatic heterocycles. The van der Waals surface area contributed by atoms with Crippen LogP contribution in [0.1, 0.15) is 17.5 Å². The van der Waals surface area contributed by atoms with Crippen molar-refractivity contribution in [2.75, 3.05) is 13.1 Å². The highest BCUT2D eigenvalue weighted by Gasteiger charge is 2.28. The summed E-state index contributed by atoms with van der Waals surface area (Å²) in [4.78, 5) is 13.6. The number of likely N-dealkylation sites (tertiary alicyclic amines) is 1. The van der Waals surface area contributed by atoms with Crippen molar-refractivity contribution in [3.05, 3.63) is 35.4 Å². The van der Waals surface area contributed by atoms with Gasteiger partial charge in [0.25, 0.3) is 0 Å². The van der Waals surface area contributed by atoms with E-state index in [9.17, 15) is 4.79 Å². The number of hydrogen-bond acceptors (Lipinski definition) is 3. The van der Waals surface area contributed by atoms with Crippen molar-refractivity contribution in [2.45, 2.75) is 19.5 Å². The molecule has 1 aliphatic heterocycles. The maximum atomic E-state index is 11.7. The first-order valence-electron chi connectivity index (χ1n) is 5.98. The van der Waals surface area contributed by atoms with Crippen LogP contribution >= 0.6 is 0 Å². The minimum Gasteiger partial charge on any atom is -0.338 e. The van der Waals surface area contributed by atoms with Gasteiger partial charge in [0.05, 0.1) is 0 Å². The van der Waals surface area contributed by atoms with Gasteiger partial charge in [-0.15, -0.1) is 0 Å². The summed E-state index contributed by atoms with van der Waals surface area (Å²) in [5.41, 5.74) is 13.4. The lowest BCUT2D eigenvalue weighted by atomic mass is 10.1. The van der Waals surface area contributed by atoms with E-state index >= 15 is 0 Å². The number of hydrogen-bond donors (Lipinski definition) is 2. The third-order valence-electron chi connectivity index (χ3n) is 3.26. The quantitative estimate of drug-likeness (QED) is 0.793. The number of carbonyl (C=O) groups is 1. The van der Waals surface area contributed by atoms with Gasteiger partial charge in [-0.25, -0.2) is 0 Å². The van der Waals surface area contributed by atoms with Crippen molar-refractivity contribution in [3.63, 3.8) is 0 Å². The summed E-state index contributed by atoms with van der Waals surface area (Å²) in [6, 6.07) is 8.09. The Morgan fingerprint density at radius 2 is 1.82 bits per heavy atom. The lowest BCUT2D eigenvalue weighted by molar-refractivity contribution is -0.128. The summed E-state index contributed by atoms with van der Waals surface area (Å²) in [7, 11) is 0. The Labute approximate surface area is 102 Å². The highest BCUT2D eigenvalue weighted by Crippen LogP contribution is 2.19. The average molecular weight is 233 g/mol. The van der Waals surface area contributed by atoms with Crippen LogP contribution in [0.3, 0.4) is 0 Å². The standard InChI is InChI=1S/C13H19N3O/c14-6-10-1-3-11(4-2-10)8-16-9-12(7-15)5-13(16)17/h1-4,12H,5-9,14-15H2. The van der Waals surface area contributed by atoms with E-state index in [1.807, 2.05) is 29.2 Å². The number of nitrogens with two attached hydrogens (primary N) is 2. The monoisotopic (exact) mass is 233 g/mol. The first kappa shape index (κ1) is 12.1. The van der Waals surface area contributed by atoms with Gasteiger partial charge in [0.15, 0.2) is 0 Å². The Bertz CT molecular complexity index is 388. The van der Waals surface area contributed by atoms with Crippen LogP contribution in [0.15, 0.2) is 24.3 Å². The predicted molar refractivity (Wildman–Crippen MR) is 66.9 cm³/mol. The lowest BCUT2D eigenvalue weighted by Crippen LogP contribution is -2.25. The second kappa shape index (κ2) is 5.29.